The number of pyridine rings is 1. The van der Waals surface area contributed by atoms with Crippen molar-refractivity contribution in [2.24, 2.45) is 4.99 Å². The van der Waals surface area contributed by atoms with E-state index in [2.05, 4.69) is 56.4 Å². The van der Waals surface area contributed by atoms with Crippen molar-refractivity contribution in [1.82, 2.24) is 25.1 Å². The molecule has 1 N–H and O–H groups in total. The lowest BCUT2D eigenvalue weighted by molar-refractivity contribution is -0.130. The summed E-state index contributed by atoms with van der Waals surface area (Å²) in [6.45, 7) is 3.53. The summed E-state index contributed by atoms with van der Waals surface area (Å²) in [7, 11) is 0. The molecule has 1 aliphatic carbocycles. The van der Waals surface area contributed by atoms with Crippen LogP contribution in [-0.4, -0.2) is 44.1 Å². The SMILES string of the molecule is CCCCC(=O)N1CC=C(c2cnc3c#c/c(=N/c4nnc(C5CCCC5)s4)[nH]c3c2)CC1. The van der Waals surface area contributed by atoms with Crippen molar-refractivity contribution in [2.45, 2.75) is 64.2 Å². The van der Waals surface area contributed by atoms with Gasteiger partial charge in [-0.15, -0.1) is 10.2 Å². The van der Waals surface area contributed by atoms with Crippen molar-refractivity contribution in [3.8, 4) is 0 Å². The van der Waals surface area contributed by atoms with Crippen molar-refractivity contribution >= 4 is 39.0 Å². The van der Waals surface area contributed by atoms with Gasteiger partial charge in [0.2, 0.25) is 11.0 Å². The Morgan fingerprint density at radius 3 is 2.97 bits per heavy atom. The van der Waals surface area contributed by atoms with Crippen LogP contribution in [-0.2, 0) is 4.79 Å². The van der Waals surface area contributed by atoms with Crippen LogP contribution in [0.4, 0.5) is 5.13 Å². The molecule has 7 nitrogen and oxygen atoms in total. The highest BCUT2D eigenvalue weighted by molar-refractivity contribution is 7.15. The monoisotopic (exact) mass is 460 g/mol. The second kappa shape index (κ2) is 9.84. The van der Waals surface area contributed by atoms with Gasteiger partial charge < -0.3 is 9.88 Å². The zero-order valence-electron chi connectivity index (χ0n) is 18.9. The van der Waals surface area contributed by atoms with E-state index >= 15 is 0 Å². The minimum Gasteiger partial charge on any atom is -0.339 e. The second-order valence-electron chi connectivity index (χ2n) is 8.78. The summed E-state index contributed by atoms with van der Waals surface area (Å²) in [6.07, 6.45) is 12.4. The van der Waals surface area contributed by atoms with Crippen molar-refractivity contribution in [1.29, 1.82) is 0 Å². The van der Waals surface area contributed by atoms with Crippen LogP contribution < -0.4 is 5.49 Å². The van der Waals surface area contributed by atoms with Gasteiger partial charge in [0, 0.05) is 31.6 Å². The third kappa shape index (κ3) is 4.98. The average molecular weight is 461 g/mol. The first-order chi connectivity index (χ1) is 16.2. The first-order valence-corrected chi connectivity index (χ1v) is 12.7. The molecule has 1 amide bonds. The van der Waals surface area contributed by atoms with Gasteiger partial charge in [0.1, 0.15) is 10.5 Å². The zero-order chi connectivity index (χ0) is 22.6. The Morgan fingerprint density at radius 2 is 2.18 bits per heavy atom. The molecule has 3 aromatic rings. The fourth-order valence-corrected chi connectivity index (χ4v) is 5.41. The predicted octanol–water partition coefficient (Wildman–Crippen LogP) is 4.71. The molecule has 0 radical (unpaired) electrons. The van der Waals surface area contributed by atoms with E-state index in [0.29, 0.717) is 29.5 Å². The molecule has 0 aromatic carbocycles. The molecule has 1 aliphatic heterocycles. The Kier molecular flexibility index (Phi) is 6.49. The van der Waals surface area contributed by atoms with E-state index in [4.69, 9.17) is 0 Å². The summed E-state index contributed by atoms with van der Waals surface area (Å²) in [5.74, 6) is 0.789. The summed E-state index contributed by atoms with van der Waals surface area (Å²) in [5, 5.41) is 10.3. The molecule has 0 bridgehead atoms. The summed E-state index contributed by atoms with van der Waals surface area (Å²) in [6, 6.07) is 8.22. The number of carbonyl (C=O) groups is 1. The van der Waals surface area contributed by atoms with Gasteiger partial charge in [-0.05, 0) is 55.0 Å². The van der Waals surface area contributed by atoms with E-state index < -0.39 is 0 Å². The van der Waals surface area contributed by atoms with Crippen LogP contribution in [0.15, 0.2) is 23.3 Å². The summed E-state index contributed by atoms with van der Waals surface area (Å²) in [4.78, 5) is 26.7. The molecule has 2 aliphatic rings. The Balaban J connectivity index is 1.35. The molecule has 4 heterocycles. The predicted molar refractivity (Wildman–Crippen MR) is 129 cm³/mol. The van der Waals surface area contributed by atoms with Crippen LogP contribution in [0.5, 0.6) is 0 Å². The number of nitrogens with zero attached hydrogens (tertiary/aromatic N) is 5. The number of amides is 1. The first-order valence-electron chi connectivity index (χ1n) is 11.9. The fourth-order valence-electron chi connectivity index (χ4n) is 4.52. The number of nitrogens with one attached hydrogen (secondary N) is 1. The van der Waals surface area contributed by atoms with E-state index in [1.165, 1.54) is 31.3 Å². The number of aromatic amines is 1. The summed E-state index contributed by atoms with van der Waals surface area (Å²) < 4.78 is 0. The van der Waals surface area contributed by atoms with Gasteiger partial charge in [-0.3, -0.25) is 4.79 Å². The van der Waals surface area contributed by atoms with E-state index in [0.717, 1.165) is 47.4 Å². The number of hydrogen-bond acceptors (Lipinski definition) is 6. The van der Waals surface area contributed by atoms with Gasteiger partial charge in [0.05, 0.1) is 5.52 Å². The van der Waals surface area contributed by atoms with Crippen LogP contribution in [0.2, 0.25) is 0 Å². The molecule has 0 unspecified atom stereocenters. The molecule has 3 aromatic heterocycles. The van der Waals surface area contributed by atoms with Crippen LogP contribution in [0.25, 0.3) is 16.6 Å². The highest BCUT2D eigenvalue weighted by atomic mass is 32.1. The third-order valence-corrected chi connectivity index (χ3v) is 7.44. The van der Waals surface area contributed by atoms with E-state index in [1.807, 2.05) is 11.1 Å². The quantitative estimate of drug-likeness (QED) is 0.577. The number of unbranched alkanes of at least 4 members (excludes halogenated alkanes) is 1. The molecule has 170 valence electrons. The Morgan fingerprint density at radius 1 is 1.30 bits per heavy atom. The standard InChI is InChI=1S/C25H28N6OS/c1-2-3-8-23(32)31-13-11-17(12-14-31)19-15-21-20(26-16-19)9-10-22(27-21)28-25-30-29-24(33-25)18-6-4-5-7-18/h11,15-16,18H,2-8,12-14H2,1H3,(H,27,28,30). The minimum atomic E-state index is 0.251. The number of aromatic nitrogens is 4. The maximum Gasteiger partial charge on any atom is 0.234 e. The maximum atomic E-state index is 12.3. The number of rotatable bonds is 6. The van der Waals surface area contributed by atoms with Crippen molar-refractivity contribution in [3.05, 3.63) is 46.5 Å². The highest BCUT2D eigenvalue weighted by Gasteiger charge is 2.21. The summed E-state index contributed by atoms with van der Waals surface area (Å²) >= 11 is 1.56. The van der Waals surface area contributed by atoms with Crippen LogP contribution in [0.1, 0.15) is 74.8 Å². The van der Waals surface area contributed by atoms with Gasteiger partial charge >= 0.3 is 0 Å². The fraction of sp³-hybridized carbons (Fsp3) is 0.480. The number of fused-ring (bicyclic) bond motifs is 1. The van der Waals surface area contributed by atoms with Crippen molar-refractivity contribution < 1.29 is 4.79 Å². The van der Waals surface area contributed by atoms with E-state index in [-0.39, 0.29) is 5.91 Å². The number of carbonyl (C=O) groups excluding carboxylic acids is 1. The van der Waals surface area contributed by atoms with Gasteiger partial charge in [-0.25, -0.2) is 4.98 Å². The van der Waals surface area contributed by atoms with Crippen LogP contribution in [0, 0.1) is 12.1 Å². The highest BCUT2D eigenvalue weighted by Crippen LogP contribution is 2.36. The first kappa shape index (κ1) is 21.8. The lowest BCUT2D eigenvalue weighted by Gasteiger charge is -2.26. The van der Waals surface area contributed by atoms with Crippen molar-refractivity contribution in [2.75, 3.05) is 13.1 Å². The van der Waals surface area contributed by atoms with Gasteiger partial charge in [-0.1, -0.05) is 43.6 Å². The van der Waals surface area contributed by atoms with E-state index in [1.54, 1.807) is 11.3 Å². The normalized spacial score (nSPS) is 17.4. The maximum absolute atomic E-state index is 12.3. The number of hydrogen-bond donors (Lipinski definition) is 1. The molecular weight excluding hydrogens is 432 g/mol. The van der Waals surface area contributed by atoms with Crippen LogP contribution >= 0.6 is 11.3 Å². The molecule has 8 heteroatoms. The topological polar surface area (TPSA) is 87.1 Å². The molecule has 5 rings (SSSR count). The Hall–Kier alpha value is -3.05. The molecule has 0 atom stereocenters. The molecule has 1 fully saturated rings. The minimum absolute atomic E-state index is 0.251. The zero-order valence-corrected chi connectivity index (χ0v) is 19.7. The largest absolute Gasteiger partial charge is 0.339 e. The molecule has 0 spiro atoms. The van der Waals surface area contributed by atoms with Crippen LogP contribution in [0.3, 0.4) is 0 Å². The summed E-state index contributed by atoms with van der Waals surface area (Å²) in [5.41, 5.74) is 4.42. The Labute approximate surface area is 197 Å². The third-order valence-electron chi connectivity index (χ3n) is 6.46. The number of H-pyrrole nitrogens is 1. The molecule has 1 saturated carbocycles. The van der Waals surface area contributed by atoms with Gasteiger partial charge in [0.25, 0.3) is 0 Å². The molecular formula is C25H28N6OS. The Bertz CT molecular complexity index is 1240. The molecule has 0 saturated heterocycles. The van der Waals surface area contributed by atoms with Gasteiger partial charge in [0.15, 0.2) is 5.49 Å². The average Bonchev–Trinajstić information content (AvgIpc) is 3.54. The molecule has 33 heavy (non-hydrogen) atoms. The smallest absolute Gasteiger partial charge is 0.234 e. The lowest BCUT2D eigenvalue weighted by Crippen LogP contribution is -2.34. The lowest BCUT2D eigenvalue weighted by atomic mass is 10.0. The van der Waals surface area contributed by atoms with Crippen molar-refractivity contribution in [3.63, 3.8) is 0 Å². The van der Waals surface area contributed by atoms with Gasteiger partial charge in [-0.2, -0.15) is 4.99 Å². The van der Waals surface area contributed by atoms with E-state index in [9.17, 15) is 4.79 Å². The second-order valence-corrected chi connectivity index (χ2v) is 9.77.